The number of hydrogen-bond acceptors (Lipinski definition) is 2. The van der Waals surface area contributed by atoms with E-state index < -0.39 is 5.60 Å². The van der Waals surface area contributed by atoms with Crippen LogP contribution < -0.4 is 5.32 Å². The van der Waals surface area contributed by atoms with Crippen LogP contribution in [-0.4, -0.2) is 22.8 Å². The van der Waals surface area contributed by atoms with Crippen LogP contribution in [0.15, 0.2) is 0 Å². The van der Waals surface area contributed by atoms with Crippen LogP contribution in [0.2, 0.25) is 0 Å². The van der Waals surface area contributed by atoms with Crippen LogP contribution in [0.3, 0.4) is 0 Å². The molecule has 1 fully saturated rings. The third-order valence-corrected chi connectivity index (χ3v) is 3.10. The van der Waals surface area contributed by atoms with Gasteiger partial charge < -0.3 is 10.4 Å². The van der Waals surface area contributed by atoms with Crippen LogP contribution in [-0.2, 0) is 0 Å². The number of nitrogens with one attached hydrogen (secondary N) is 1. The normalized spacial score (nSPS) is 34.5. The molecule has 0 aromatic heterocycles. The van der Waals surface area contributed by atoms with Gasteiger partial charge in [-0.15, -0.1) is 0 Å². The highest BCUT2D eigenvalue weighted by molar-refractivity contribution is 4.83. The molecule has 1 rings (SSSR count). The molecule has 0 spiro atoms. The molecule has 1 aliphatic rings. The van der Waals surface area contributed by atoms with Gasteiger partial charge in [0.25, 0.3) is 0 Å². The van der Waals surface area contributed by atoms with Gasteiger partial charge in [0.15, 0.2) is 0 Å². The Morgan fingerprint density at radius 2 is 1.79 bits per heavy atom. The van der Waals surface area contributed by atoms with Crippen LogP contribution in [0.1, 0.15) is 53.4 Å². The SMILES string of the molecule is CC(C)(C)NC[C@H]1CC[C@@](C)(O)CC1. The standard InChI is InChI=1S/C12H25NO/c1-11(2,3)13-9-10-5-7-12(4,14)8-6-10/h10,13-14H,5-9H2,1-4H3/t10-,12+. The fraction of sp³-hybridized carbons (Fsp3) is 1.00. The molecule has 0 radical (unpaired) electrons. The zero-order valence-corrected chi connectivity index (χ0v) is 10.1. The third kappa shape index (κ3) is 4.43. The van der Waals surface area contributed by atoms with Crippen molar-refractivity contribution in [3.8, 4) is 0 Å². The van der Waals surface area contributed by atoms with Gasteiger partial charge in [0.2, 0.25) is 0 Å². The lowest BCUT2D eigenvalue weighted by atomic mass is 9.80. The molecule has 1 aliphatic carbocycles. The van der Waals surface area contributed by atoms with E-state index in [0.717, 1.165) is 38.1 Å². The van der Waals surface area contributed by atoms with Gasteiger partial charge in [0, 0.05) is 5.54 Å². The summed E-state index contributed by atoms with van der Waals surface area (Å²) in [7, 11) is 0. The predicted octanol–water partition coefficient (Wildman–Crippen LogP) is 2.32. The van der Waals surface area contributed by atoms with E-state index in [1.165, 1.54) is 0 Å². The molecule has 0 amide bonds. The lowest BCUT2D eigenvalue weighted by molar-refractivity contribution is 0.00757. The van der Waals surface area contributed by atoms with Gasteiger partial charge in [-0.25, -0.2) is 0 Å². The molecule has 0 bridgehead atoms. The maximum absolute atomic E-state index is 9.80. The molecule has 0 aromatic carbocycles. The Balaban J connectivity index is 2.23. The first-order valence-corrected chi connectivity index (χ1v) is 5.76. The van der Waals surface area contributed by atoms with E-state index >= 15 is 0 Å². The topological polar surface area (TPSA) is 32.3 Å². The summed E-state index contributed by atoms with van der Waals surface area (Å²) >= 11 is 0. The lowest BCUT2D eigenvalue weighted by Gasteiger charge is -2.34. The average molecular weight is 199 g/mol. The molecule has 0 aromatic rings. The van der Waals surface area contributed by atoms with Gasteiger partial charge in [0.05, 0.1) is 5.60 Å². The maximum Gasteiger partial charge on any atom is 0.0620 e. The third-order valence-electron chi connectivity index (χ3n) is 3.10. The second-order valence-electron chi connectivity index (χ2n) is 6.07. The van der Waals surface area contributed by atoms with E-state index in [9.17, 15) is 5.11 Å². The van der Waals surface area contributed by atoms with Gasteiger partial charge in [-0.3, -0.25) is 0 Å². The van der Waals surface area contributed by atoms with E-state index in [1.54, 1.807) is 0 Å². The van der Waals surface area contributed by atoms with E-state index in [-0.39, 0.29) is 5.54 Å². The summed E-state index contributed by atoms with van der Waals surface area (Å²) in [6.07, 6.45) is 4.25. The van der Waals surface area contributed by atoms with Crippen LogP contribution >= 0.6 is 0 Å². The van der Waals surface area contributed by atoms with Gasteiger partial charge >= 0.3 is 0 Å². The first-order valence-electron chi connectivity index (χ1n) is 5.76. The van der Waals surface area contributed by atoms with Crippen molar-refractivity contribution in [2.45, 2.75) is 64.5 Å². The van der Waals surface area contributed by atoms with E-state index in [0.29, 0.717) is 0 Å². The fourth-order valence-corrected chi connectivity index (χ4v) is 1.95. The molecule has 84 valence electrons. The minimum atomic E-state index is -0.391. The Kier molecular flexibility index (Phi) is 3.59. The highest BCUT2D eigenvalue weighted by Crippen LogP contribution is 2.31. The number of rotatable bonds is 2. The molecule has 2 N–H and O–H groups in total. The summed E-state index contributed by atoms with van der Waals surface area (Å²) in [5.74, 6) is 0.759. The Bertz CT molecular complexity index is 171. The molecule has 0 saturated heterocycles. The van der Waals surface area contributed by atoms with Crippen LogP contribution in [0.4, 0.5) is 0 Å². The molecule has 1 saturated carbocycles. The summed E-state index contributed by atoms with van der Waals surface area (Å²) in [4.78, 5) is 0. The molecule has 0 heterocycles. The van der Waals surface area contributed by atoms with Gasteiger partial charge in [-0.05, 0) is 65.8 Å². The largest absolute Gasteiger partial charge is 0.390 e. The average Bonchev–Trinajstić information content (AvgIpc) is 2.01. The van der Waals surface area contributed by atoms with Crippen molar-refractivity contribution < 1.29 is 5.11 Å². The summed E-state index contributed by atoms with van der Waals surface area (Å²) < 4.78 is 0. The van der Waals surface area contributed by atoms with Gasteiger partial charge in [-0.2, -0.15) is 0 Å². The van der Waals surface area contributed by atoms with Crippen LogP contribution in [0.5, 0.6) is 0 Å². The zero-order valence-electron chi connectivity index (χ0n) is 10.1. The van der Waals surface area contributed by atoms with E-state index in [4.69, 9.17) is 0 Å². The van der Waals surface area contributed by atoms with Crippen molar-refractivity contribution in [1.82, 2.24) is 5.32 Å². The molecule has 2 nitrogen and oxygen atoms in total. The molecule has 0 unspecified atom stereocenters. The predicted molar refractivity (Wildman–Crippen MR) is 60.3 cm³/mol. The van der Waals surface area contributed by atoms with Crippen molar-refractivity contribution in [2.75, 3.05) is 6.54 Å². The van der Waals surface area contributed by atoms with Crippen molar-refractivity contribution in [3.05, 3.63) is 0 Å². The summed E-state index contributed by atoms with van der Waals surface area (Å²) in [6, 6.07) is 0. The molecular weight excluding hydrogens is 174 g/mol. The Labute approximate surface area is 88.1 Å². The van der Waals surface area contributed by atoms with E-state index in [1.807, 2.05) is 6.92 Å². The molecule has 14 heavy (non-hydrogen) atoms. The summed E-state index contributed by atoms with van der Waals surface area (Å²) in [5.41, 5.74) is -0.168. The van der Waals surface area contributed by atoms with Gasteiger partial charge in [-0.1, -0.05) is 0 Å². The quantitative estimate of drug-likeness (QED) is 0.715. The van der Waals surface area contributed by atoms with Crippen molar-refractivity contribution in [2.24, 2.45) is 5.92 Å². The monoisotopic (exact) mass is 199 g/mol. The van der Waals surface area contributed by atoms with Crippen LogP contribution in [0.25, 0.3) is 0 Å². The van der Waals surface area contributed by atoms with Crippen molar-refractivity contribution in [1.29, 1.82) is 0 Å². The second kappa shape index (κ2) is 4.19. The highest BCUT2D eigenvalue weighted by atomic mass is 16.3. The molecule has 0 aliphatic heterocycles. The van der Waals surface area contributed by atoms with Crippen LogP contribution in [0, 0.1) is 5.92 Å². The zero-order chi connectivity index (χ0) is 10.8. The van der Waals surface area contributed by atoms with E-state index in [2.05, 4.69) is 26.1 Å². The number of hydrogen-bond donors (Lipinski definition) is 2. The molecular formula is C12H25NO. The maximum atomic E-state index is 9.80. The van der Waals surface area contributed by atoms with Crippen molar-refractivity contribution >= 4 is 0 Å². The summed E-state index contributed by atoms with van der Waals surface area (Å²) in [6.45, 7) is 9.66. The van der Waals surface area contributed by atoms with Gasteiger partial charge in [0.1, 0.15) is 0 Å². The first kappa shape index (κ1) is 12.0. The Morgan fingerprint density at radius 3 is 2.21 bits per heavy atom. The summed E-state index contributed by atoms with van der Waals surface area (Å²) in [5, 5.41) is 13.3. The van der Waals surface area contributed by atoms with Crippen molar-refractivity contribution in [3.63, 3.8) is 0 Å². The molecule has 0 atom stereocenters. The minimum absolute atomic E-state index is 0.222. The first-order chi connectivity index (χ1) is 6.29. The second-order valence-corrected chi connectivity index (χ2v) is 6.07. The smallest absolute Gasteiger partial charge is 0.0620 e. The Hall–Kier alpha value is -0.0800. The molecule has 2 heteroatoms. The minimum Gasteiger partial charge on any atom is -0.390 e. The fourth-order valence-electron chi connectivity index (χ4n) is 1.95. The number of aliphatic hydroxyl groups is 1. The highest BCUT2D eigenvalue weighted by Gasteiger charge is 2.28. The Morgan fingerprint density at radius 1 is 1.29 bits per heavy atom. The lowest BCUT2D eigenvalue weighted by Crippen LogP contribution is -2.41.